The van der Waals surface area contributed by atoms with Crippen LogP contribution >= 0.6 is 8.03 Å². The van der Waals surface area contributed by atoms with E-state index in [-0.39, 0.29) is 11.5 Å². The molecule has 0 radical (unpaired) electrons. The first kappa shape index (κ1) is 11.1. The lowest BCUT2D eigenvalue weighted by Crippen LogP contribution is -2.23. The summed E-state index contributed by atoms with van der Waals surface area (Å²) in [5.74, 6) is 0. The Morgan fingerprint density at radius 2 is 2.00 bits per heavy atom. The highest BCUT2D eigenvalue weighted by molar-refractivity contribution is 7.38. The summed E-state index contributed by atoms with van der Waals surface area (Å²) in [5.41, 5.74) is -0.0739. The Bertz CT molecular complexity index is 142. The van der Waals surface area contributed by atoms with Crippen LogP contribution in [0.5, 0.6) is 0 Å². The number of alkyl halides is 1. The Morgan fingerprint density at radius 3 is 2.27 bits per heavy atom. The van der Waals surface area contributed by atoms with Gasteiger partial charge in [-0.15, -0.1) is 0 Å². The fourth-order valence-electron chi connectivity index (χ4n) is 0.405. The zero-order chi connectivity index (χ0) is 9.07. The van der Waals surface area contributed by atoms with Crippen LogP contribution in [0, 0.1) is 5.41 Å². The average Bonchev–Trinajstić information content (AvgIpc) is 1.85. The minimum absolute atomic E-state index is 0.0739. The molecule has 0 aliphatic rings. The molecule has 0 aliphatic heterocycles. The van der Waals surface area contributed by atoms with Crippen molar-refractivity contribution >= 4 is 8.03 Å². The summed E-state index contributed by atoms with van der Waals surface area (Å²) in [7, 11) is -2.43. The summed E-state index contributed by atoms with van der Waals surface area (Å²) in [4.78, 5) is 0. The maximum atomic E-state index is 11.7. The molecular weight excluding hydrogens is 166 g/mol. The number of hydrogen-bond donors (Lipinski definition) is 0. The van der Waals surface area contributed by atoms with Gasteiger partial charge in [0, 0.05) is 0 Å². The molecule has 11 heavy (non-hydrogen) atoms. The molecule has 4 heteroatoms. The Kier molecular flexibility index (Phi) is 4.27. The minimum atomic E-state index is -2.43. The molecule has 0 aliphatic carbocycles. The summed E-state index contributed by atoms with van der Waals surface area (Å²) < 4.78 is 27.3. The molecule has 0 fully saturated rings. The topological polar surface area (TPSA) is 26.3 Å². The van der Waals surface area contributed by atoms with Crippen molar-refractivity contribution in [1.29, 1.82) is 0 Å². The summed E-state index contributed by atoms with van der Waals surface area (Å²) >= 11 is 0. The van der Waals surface area contributed by atoms with E-state index in [0.29, 0.717) is 0 Å². The Morgan fingerprint density at radius 1 is 1.55 bits per heavy atom. The van der Waals surface area contributed by atoms with Gasteiger partial charge >= 0.3 is 0 Å². The fraction of sp³-hybridized carbons (Fsp3) is 1.00. The van der Waals surface area contributed by atoms with Crippen LogP contribution in [0.2, 0.25) is 0 Å². The van der Waals surface area contributed by atoms with E-state index in [4.69, 9.17) is 4.52 Å². The van der Waals surface area contributed by atoms with Gasteiger partial charge in [-0.1, -0.05) is 20.8 Å². The van der Waals surface area contributed by atoms with Crippen LogP contribution in [0.25, 0.3) is 0 Å². The number of hydrogen-bond acceptors (Lipinski definition) is 2. The van der Waals surface area contributed by atoms with Gasteiger partial charge in [0.05, 0.1) is 6.10 Å². The molecule has 68 valence electrons. The SMILES string of the molecule is CC(O[PH](=O)CF)C(C)(C)C. The Labute approximate surface area is 68.0 Å². The van der Waals surface area contributed by atoms with Gasteiger partial charge in [0.2, 0.25) is 8.03 Å². The van der Waals surface area contributed by atoms with Crippen molar-refractivity contribution < 1.29 is 13.5 Å². The third-order valence-corrected chi connectivity index (χ3v) is 2.47. The lowest BCUT2D eigenvalue weighted by atomic mass is 9.91. The molecular formula is C7H16FO2P. The zero-order valence-electron chi connectivity index (χ0n) is 7.48. The largest absolute Gasteiger partial charge is 0.325 e. The standard InChI is InChI=1S/C7H16FO2P/c1-6(7(2,3)4)10-11(9)5-8/h6,11H,5H2,1-4H3. The molecule has 0 saturated carbocycles. The van der Waals surface area contributed by atoms with Crippen LogP contribution in [-0.2, 0) is 9.09 Å². The van der Waals surface area contributed by atoms with E-state index in [1.165, 1.54) is 0 Å². The molecule has 0 aromatic heterocycles. The highest BCUT2D eigenvalue weighted by Gasteiger charge is 2.22. The second-order valence-corrected chi connectivity index (χ2v) is 4.88. The van der Waals surface area contributed by atoms with Crippen LogP contribution in [0.15, 0.2) is 0 Å². The normalized spacial score (nSPS) is 17.9. The first-order valence-corrected chi connectivity index (χ1v) is 5.15. The average molecular weight is 182 g/mol. The highest BCUT2D eigenvalue weighted by atomic mass is 31.1. The Balaban J connectivity index is 3.87. The van der Waals surface area contributed by atoms with Gasteiger partial charge in [0.25, 0.3) is 0 Å². The molecule has 0 amide bonds. The van der Waals surface area contributed by atoms with Crippen molar-refractivity contribution in [1.82, 2.24) is 0 Å². The predicted octanol–water partition coefficient (Wildman–Crippen LogP) is 2.84. The monoisotopic (exact) mass is 182 g/mol. The molecule has 2 unspecified atom stereocenters. The zero-order valence-corrected chi connectivity index (χ0v) is 8.48. The van der Waals surface area contributed by atoms with Crippen molar-refractivity contribution in [3.8, 4) is 0 Å². The van der Waals surface area contributed by atoms with Crippen molar-refractivity contribution in [3.63, 3.8) is 0 Å². The van der Waals surface area contributed by atoms with Gasteiger partial charge in [-0.2, -0.15) is 0 Å². The quantitative estimate of drug-likeness (QED) is 0.627. The fourth-order valence-corrected chi connectivity index (χ4v) is 1.22. The maximum Gasteiger partial charge on any atom is 0.222 e. The summed E-state index contributed by atoms with van der Waals surface area (Å²) in [6, 6.07) is 0. The van der Waals surface area contributed by atoms with Gasteiger partial charge in [-0.05, 0) is 12.3 Å². The van der Waals surface area contributed by atoms with Crippen LogP contribution in [0.3, 0.4) is 0 Å². The summed E-state index contributed by atoms with van der Waals surface area (Å²) in [6.07, 6.45) is -1.02. The molecule has 2 atom stereocenters. The van der Waals surface area contributed by atoms with Gasteiger partial charge < -0.3 is 4.52 Å². The van der Waals surface area contributed by atoms with E-state index in [1.54, 1.807) is 6.92 Å². The van der Waals surface area contributed by atoms with Gasteiger partial charge in [-0.3, -0.25) is 4.57 Å². The number of halogens is 1. The number of rotatable bonds is 3. The van der Waals surface area contributed by atoms with Crippen molar-refractivity contribution in [3.05, 3.63) is 0 Å². The molecule has 0 aromatic carbocycles. The summed E-state index contributed by atoms with van der Waals surface area (Å²) in [5, 5.41) is 0. The summed E-state index contributed by atoms with van der Waals surface area (Å²) in [6.45, 7) is 7.69. The van der Waals surface area contributed by atoms with Crippen LogP contribution in [-0.4, -0.2) is 12.5 Å². The van der Waals surface area contributed by atoms with E-state index in [1.807, 2.05) is 20.8 Å². The maximum absolute atomic E-state index is 11.7. The van der Waals surface area contributed by atoms with Gasteiger partial charge in [-0.25, -0.2) is 4.39 Å². The first-order chi connectivity index (χ1) is 4.88. The van der Waals surface area contributed by atoms with Crippen LogP contribution in [0.1, 0.15) is 27.7 Å². The molecule has 0 N–H and O–H groups in total. The van der Waals surface area contributed by atoms with Gasteiger partial charge in [0.15, 0.2) is 6.42 Å². The molecule has 0 bridgehead atoms. The highest BCUT2D eigenvalue weighted by Crippen LogP contribution is 2.32. The van der Waals surface area contributed by atoms with Crippen molar-refractivity contribution in [2.75, 3.05) is 6.42 Å². The molecule has 0 aromatic rings. The van der Waals surface area contributed by atoms with Crippen molar-refractivity contribution in [2.45, 2.75) is 33.8 Å². The molecule has 0 saturated heterocycles. The third kappa shape index (κ3) is 4.54. The van der Waals surface area contributed by atoms with E-state index in [9.17, 15) is 8.96 Å². The van der Waals surface area contributed by atoms with Gasteiger partial charge in [0.1, 0.15) is 0 Å². The van der Waals surface area contributed by atoms with E-state index < -0.39 is 14.4 Å². The second-order valence-electron chi connectivity index (χ2n) is 3.63. The molecule has 0 heterocycles. The van der Waals surface area contributed by atoms with E-state index in [0.717, 1.165) is 0 Å². The Hall–Kier alpha value is 0.120. The first-order valence-electron chi connectivity index (χ1n) is 3.63. The minimum Gasteiger partial charge on any atom is -0.325 e. The lowest BCUT2D eigenvalue weighted by molar-refractivity contribution is 0.111. The van der Waals surface area contributed by atoms with E-state index >= 15 is 0 Å². The van der Waals surface area contributed by atoms with Crippen LogP contribution < -0.4 is 0 Å². The predicted molar refractivity (Wildman–Crippen MR) is 45.0 cm³/mol. The third-order valence-electron chi connectivity index (χ3n) is 1.64. The van der Waals surface area contributed by atoms with Crippen molar-refractivity contribution in [2.24, 2.45) is 5.41 Å². The molecule has 2 nitrogen and oxygen atoms in total. The van der Waals surface area contributed by atoms with Crippen LogP contribution in [0.4, 0.5) is 4.39 Å². The smallest absolute Gasteiger partial charge is 0.222 e. The van der Waals surface area contributed by atoms with E-state index in [2.05, 4.69) is 0 Å². The lowest BCUT2D eigenvalue weighted by Gasteiger charge is -2.26. The molecule has 0 spiro atoms. The second kappa shape index (κ2) is 4.22. The molecule has 0 rings (SSSR count).